The number of carbonyl (C=O) groups excluding carboxylic acids is 4. The molecule has 11 nitrogen and oxygen atoms in total. The molecule has 0 aromatic carbocycles. The molecule has 0 unspecified atom stereocenters. The molecule has 46 heavy (non-hydrogen) atoms. The van der Waals surface area contributed by atoms with Gasteiger partial charge in [0.2, 0.25) is 11.8 Å². The molecule has 0 fully saturated rings. The summed E-state index contributed by atoms with van der Waals surface area (Å²) >= 11 is 0.883. The number of alkyl carbamates (subject to hydrolysis) is 1. The Kier molecular flexibility index (Phi) is 23.5. The number of hydrogen-bond donors (Lipinski definition) is 5. The average molecular weight is 674 g/mol. The molecule has 0 spiro atoms. The summed E-state index contributed by atoms with van der Waals surface area (Å²) in [6.07, 6.45) is 14.3. The molecule has 0 aromatic heterocycles. The number of amides is 3. The van der Waals surface area contributed by atoms with Crippen LogP contribution in [0.25, 0.3) is 0 Å². The van der Waals surface area contributed by atoms with Crippen molar-refractivity contribution in [3.05, 3.63) is 0 Å². The number of aliphatic hydroxyl groups excluding tert-OH is 1. The van der Waals surface area contributed by atoms with E-state index in [1.165, 1.54) is 64.7 Å². The van der Waals surface area contributed by atoms with Crippen LogP contribution in [0.4, 0.5) is 4.79 Å². The van der Waals surface area contributed by atoms with Gasteiger partial charge in [0.25, 0.3) is 0 Å². The predicted octanol–water partition coefficient (Wildman–Crippen LogP) is 6.10. The summed E-state index contributed by atoms with van der Waals surface area (Å²) in [6.45, 7) is 12.0. The van der Waals surface area contributed by atoms with Crippen molar-refractivity contribution >= 4 is 40.8 Å². The van der Waals surface area contributed by atoms with Crippen molar-refractivity contribution in [3.63, 3.8) is 0 Å². The normalized spacial score (nSPS) is 14.8. The van der Waals surface area contributed by atoms with E-state index < -0.39 is 59.6 Å². The van der Waals surface area contributed by atoms with Crippen LogP contribution in [0, 0.1) is 5.92 Å². The Hall–Kier alpha value is -2.34. The molecule has 5 N–H and O–H groups in total. The Balaban J connectivity index is 4.75. The quantitative estimate of drug-likeness (QED) is 0.0718. The molecule has 3 amide bonds. The highest BCUT2D eigenvalue weighted by Crippen LogP contribution is 2.16. The van der Waals surface area contributed by atoms with Gasteiger partial charge in [-0.05, 0) is 40.0 Å². The van der Waals surface area contributed by atoms with Crippen molar-refractivity contribution in [2.24, 2.45) is 5.92 Å². The van der Waals surface area contributed by atoms with Gasteiger partial charge in [-0.3, -0.25) is 14.4 Å². The number of nitrogens with one attached hydrogen (secondary N) is 3. The third-order valence-corrected chi connectivity index (χ3v) is 8.77. The zero-order valence-corrected chi connectivity index (χ0v) is 30.3. The number of aliphatic hydroxyl groups is 1. The molecule has 0 aliphatic rings. The van der Waals surface area contributed by atoms with E-state index in [2.05, 4.69) is 22.9 Å². The van der Waals surface area contributed by atoms with Crippen LogP contribution >= 0.6 is 11.8 Å². The minimum Gasteiger partial charge on any atom is -0.480 e. The summed E-state index contributed by atoms with van der Waals surface area (Å²) in [7, 11) is 0. The smallest absolute Gasteiger partial charge is 0.408 e. The van der Waals surface area contributed by atoms with Gasteiger partial charge < -0.3 is 30.9 Å². The molecule has 0 saturated heterocycles. The first kappa shape index (κ1) is 43.7. The molecule has 0 aliphatic heterocycles. The zero-order valence-electron chi connectivity index (χ0n) is 29.5. The molecule has 0 aliphatic carbocycles. The van der Waals surface area contributed by atoms with Crippen LogP contribution in [-0.4, -0.2) is 74.8 Å². The molecule has 0 aromatic rings. The largest absolute Gasteiger partial charge is 0.480 e. The van der Waals surface area contributed by atoms with E-state index >= 15 is 0 Å². The Bertz CT molecular complexity index is 909. The fraction of sp³-hybridized carbons (Fsp3) is 0.853. The monoisotopic (exact) mass is 673 g/mol. The number of hydrogen-bond acceptors (Lipinski definition) is 8. The third kappa shape index (κ3) is 21.5. The number of rotatable bonds is 25. The standard InChI is InChI=1S/C34H63N3O8S/c1-8-10-11-12-13-14-15-16-17-18-19-20-21-22-27(39)46-23-26(32(42)43)35-30(40)28(24(3)9-2)36-31(41)29(25(4)38)37-33(44)45-34(5,6)7/h24-26,28-29,38H,8-23H2,1-7H3,(H,35,40)(H,36,41)(H,37,44)(H,42,43)/t24-,25+,26-,28-,29-/m0/s1. The lowest BCUT2D eigenvalue weighted by atomic mass is 9.97. The van der Waals surface area contributed by atoms with Gasteiger partial charge in [0.1, 0.15) is 23.7 Å². The highest BCUT2D eigenvalue weighted by molar-refractivity contribution is 8.13. The number of carboxylic acid groups (broad SMARTS) is 1. The minimum absolute atomic E-state index is 0.122. The number of aliphatic carboxylic acids is 1. The number of carbonyl (C=O) groups is 5. The van der Waals surface area contributed by atoms with Crippen LogP contribution in [0.3, 0.4) is 0 Å². The van der Waals surface area contributed by atoms with Gasteiger partial charge >= 0.3 is 12.1 Å². The first-order chi connectivity index (χ1) is 21.6. The molecular formula is C34H63N3O8S. The molecule has 0 bridgehead atoms. The summed E-state index contributed by atoms with van der Waals surface area (Å²) in [6, 6.07) is -3.90. The summed E-state index contributed by atoms with van der Waals surface area (Å²) in [5, 5.41) is 27.1. The van der Waals surface area contributed by atoms with E-state index in [0.29, 0.717) is 12.8 Å². The second-order valence-corrected chi connectivity index (χ2v) is 14.4. The van der Waals surface area contributed by atoms with Crippen molar-refractivity contribution in [1.82, 2.24) is 16.0 Å². The maximum Gasteiger partial charge on any atom is 0.408 e. The van der Waals surface area contributed by atoms with Gasteiger partial charge in [-0.1, -0.05) is 116 Å². The first-order valence-corrected chi connectivity index (χ1v) is 18.3. The first-order valence-electron chi connectivity index (χ1n) is 17.3. The zero-order chi connectivity index (χ0) is 35.1. The Morgan fingerprint density at radius 1 is 0.717 bits per heavy atom. The number of ether oxygens (including phenoxy) is 1. The van der Waals surface area contributed by atoms with Gasteiger partial charge in [0, 0.05) is 12.2 Å². The van der Waals surface area contributed by atoms with Gasteiger partial charge in [-0.2, -0.15) is 0 Å². The SMILES string of the molecule is CCCCCCCCCCCCCCCC(=O)SC[C@H](NC(=O)[C@@H](NC(=O)[C@@H](NC(=O)OC(C)(C)C)[C@@H](C)O)[C@@H](C)CC)C(=O)O. The van der Waals surface area contributed by atoms with Gasteiger partial charge in [-0.25, -0.2) is 9.59 Å². The number of unbranched alkanes of at least 4 members (excludes halogenated alkanes) is 12. The molecular weight excluding hydrogens is 610 g/mol. The maximum atomic E-state index is 13.2. The summed E-state index contributed by atoms with van der Waals surface area (Å²) < 4.78 is 5.17. The fourth-order valence-electron chi connectivity index (χ4n) is 4.76. The predicted molar refractivity (Wildman–Crippen MR) is 184 cm³/mol. The van der Waals surface area contributed by atoms with Gasteiger partial charge in [-0.15, -0.1) is 0 Å². The van der Waals surface area contributed by atoms with Gasteiger partial charge in [0.15, 0.2) is 5.12 Å². The second-order valence-electron chi connectivity index (χ2n) is 13.3. The third-order valence-electron chi connectivity index (χ3n) is 7.74. The lowest BCUT2D eigenvalue weighted by Gasteiger charge is -2.29. The summed E-state index contributed by atoms with van der Waals surface area (Å²) in [4.78, 5) is 62.8. The van der Waals surface area contributed by atoms with E-state index in [9.17, 15) is 34.2 Å². The van der Waals surface area contributed by atoms with Crippen molar-refractivity contribution in [3.8, 4) is 0 Å². The molecule has 0 saturated carbocycles. The van der Waals surface area contributed by atoms with Crippen LogP contribution in [0.5, 0.6) is 0 Å². The van der Waals surface area contributed by atoms with Crippen molar-refractivity contribution in [2.75, 3.05) is 5.75 Å². The van der Waals surface area contributed by atoms with E-state index in [4.69, 9.17) is 4.74 Å². The van der Waals surface area contributed by atoms with Crippen LogP contribution in [0.15, 0.2) is 0 Å². The summed E-state index contributed by atoms with van der Waals surface area (Å²) in [5.41, 5.74) is -0.833. The van der Waals surface area contributed by atoms with Crippen LogP contribution in [0.2, 0.25) is 0 Å². The molecule has 0 rings (SSSR count). The van der Waals surface area contributed by atoms with Crippen LogP contribution < -0.4 is 16.0 Å². The average Bonchev–Trinajstić information content (AvgIpc) is 2.97. The molecule has 0 radical (unpaired) electrons. The summed E-state index contributed by atoms with van der Waals surface area (Å²) in [5.74, 6) is -3.40. The van der Waals surface area contributed by atoms with E-state index in [1.54, 1.807) is 27.7 Å². The Labute approximate surface area is 281 Å². The lowest BCUT2D eigenvalue weighted by molar-refractivity contribution is -0.142. The molecule has 12 heteroatoms. The van der Waals surface area contributed by atoms with Crippen molar-refractivity contribution in [1.29, 1.82) is 0 Å². The Morgan fingerprint density at radius 2 is 1.20 bits per heavy atom. The minimum atomic E-state index is -1.41. The highest BCUT2D eigenvalue weighted by atomic mass is 32.2. The van der Waals surface area contributed by atoms with Crippen molar-refractivity contribution in [2.45, 2.75) is 175 Å². The Morgan fingerprint density at radius 3 is 1.63 bits per heavy atom. The van der Waals surface area contributed by atoms with Crippen LogP contribution in [-0.2, 0) is 23.9 Å². The highest BCUT2D eigenvalue weighted by Gasteiger charge is 2.34. The van der Waals surface area contributed by atoms with E-state index in [-0.39, 0.29) is 10.9 Å². The van der Waals surface area contributed by atoms with E-state index in [1.807, 2.05) is 6.92 Å². The topological polar surface area (TPSA) is 171 Å². The lowest BCUT2D eigenvalue weighted by Crippen LogP contribution is -2.60. The molecule has 268 valence electrons. The molecule has 5 atom stereocenters. The maximum absolute atomic E-state index is 13.2. The second kappa shape index (κ2) is 24.8. The van der Waals surface area contributed by atoms with Gasteiger partial charge in [0.05, 0.1) is 6.10 Å². The number of thioether (sulfide) groups is 1. The van der Waals surface area contributed by atoms with Crippen LogP contribution in [0.1, 0.15) is 145 Å². The van der Waals surface area contributed by atoms with E-state index in [0.717, 1.165) is 37.4 Å². The van der Waals surface area contributed by atoms with Crippen molar-refractivity contribution < 1.29 is 38.9 Å². The fourth-order valence-corrected chi connectivity index (χ4v) is 5.62. The number of carboxylic acids is 1. The molecule has 0 heterocycles.